The summed E-state index contributed by atoms with van der Waals surface area (Å²) in [5, 5.41) is 13.4. The summed E-state index contributed by atoms with van der Waals surface area (Å²) in [7, 11) is 0. The summed E-state index contributed by atoms with van der Waals surface area (Å²) in [6, 6.07) is 9.89. The number of benzene rings is 2. The number of anilines is 1. The van der Waals surface area contributed by atoms with Crippen molar-refractivity contribution in [2.24, 2.45) is 10.2 Å². The Hall–Kier alpha value is -4.12. The molecule has 1 aromatic heterocycles. The molecular formula is C25H31N7O4. The first kappa shape index (κ1) is 26.5. The number of carbonyl (C=O) groups is 3. The highest BCUT2D eigenvalue weighted by Gasteiger charge is 2.23. The predicted octanol–water partition coefficient (Wildman–Crippen LogP) is 3.00. The van der Waals surface area contributed by atoms with Gasteiger partial charge in [0, 0.05) is 17.8 Å². The Bertz CT molecular complexity index is 1290. The summed E-state index contributed by atoms with van der Waals surface area (Å²) in [5.41, 5.74) is 2.04. The Morgan fingerprint density at radius 1 is 1.00 bits per heavy atom. The van der Waals surface area contributed by atoms with E-state index in [1.807, 2.05) is 0 Å². The predicted molar refractivity (Wildman–Crippen MR) is 138 cm³/mol. The molecule has 0 aliphatic heterocycles. The van der Waals surface area contributed by atoms with Gasteiger partial charge in [-0.2, -0.15) is 10.2 Å². The van der Waals surface area contributed by atoms with Crippen LogP contribution in [0.1, 0.15) is 37.6 Å². The lowest BCUT2D eigenvalue weighted by molar-refractivity contribution is -0.126. The maximum absolute atomic E-state index is 12.6. The Morgan fingerprint density at radius 2 is 1.69 bits per heavy atom. The second kappa shape index (κ2) is 12.5. The van der Waals surface area contributed by atoms with E-state index in [0.29, 0.717) is 34.5 Å². The maximum Gasteiger partial charge on any atom is 0.323 e. The minimum absolute atomic E-state index is 0.181. The number of imidazole rings is 1. The molecule has 2 aromatic carbocycles. The molecule has 1 atom stereocenters. The SMILES string of the molecule is CCN(CC)CCCNC(=O)c1ccc(N=NC(C(C)=O)C(=O)Nc2ccc3[nH]c(=O)[nH]c3c2)cc1. The van der Waals surface area contributed by atoms with Crippen molar-refractivity contribution in [2.45, 2.75) is 33.2 Å². The van der Waals surface area contributed by atoms with Gasteiger partial charge >= 0.3 is 5.69 Å². The highest BCUT2D eigenvalue weighted by atomic mass is 16.2. The number of rotatable bonds is 12. The molecule has 1 unspecified atom stereocenters. The van der Waals surface area contributed by atoms with Gasteiger partial charge in [-0.15, -0.1) is 0 Å². The highest BCUT2D eigenvalue weighted by molar-refractivity contribution is 6.10. The first-order valence-electron chi connectivity index (χ1n) is 11.9. The van der Waals surface area contributed by atoms with Crippen LogP contribution in [0.15, 0.2) is 57.5 Å². The van der Waals surface area contributed by atoms with Crippen molar-refractivity contribution in [2.75, 3.05) is 31.5 Å². The lowest BCUT2D eigenvalue weighted by Gasteiger charge is -2.17. The number of amides is 2. The van der Waals surface area contributed by atoms with E-state index >= 15 is 0 Å². The van der Waals surface area contributed by atoms with Crippen molar-refractivity contribution in [1.29, 1.82) is 0 Å². The molecule has 0 saturated carbocycles. The van der Waals surface area contributed by atoms with Crippen molar-refractivity contribution >= 4 is 40.0 Å². The Balaban J connectivity index is 1.57. The van der Waals surface area contributed by atoms with Gasteiger partial charge in [-0.3, -0.25) is 14.4 Å². The van der Waals surface area contributed by atoms with Crippen LogP contribution in [0, 0.1) is 0 Å². The molecule has 0 bridgehead atoms. The fourth-order valence-electron chi connectivity index (χ4n) is 3.59. The van der Waals surface area contributed by atoms with Crippen molar-refractivity contribution < 1.29 is 14.4 Å². The maximum atomic E-state index is 12.6. The number of aromatic nitrogens is 2. The number of hydrogen-bond donors (Lipinski definition) is 4. The van der Waals surface area contributed by atoms with Crippen LogP contribution in [0.25, 0.3) is 11.0 Å². The first-order valence-corrected chi connectivity index (χ1v) is 11.9. The van der Waals surface area contributed by atoms with Crippen LogP contribution in [-0.4, -0.2) is 64.7 Å². The molecule has 11 heteroatoms. The number of carbonyl (C=O) groups excluding carboxylic acids is 3. The number of nitrogens with zero attached hydrogens (tertiary/aromatic N) is 3. The van der Waals surface area contributed by atoms with Gasteiger partial charge in [0.1, 0.15) is 0 Å². The van der Waals surface area contributed by atoms with Gasteiger partial charge in [-0.25, -0.2) is 4.79 Å². The molecule has 0 fully saturated rings. The fraction of sp³-hybridized carbons (Fsp3) is 0.360. The van der Waals surface area contributed by atoms with E-state index in [1.165, 1.54) is 6.92 Å². The molecule has 0 radical (unpaired) electrons. The summed E-state index contributed by atoms with van der Waals surface area (Å²) in [6.45, 7) is 8.95. The molecule has 1 heterocycles. The van der Waals surface area contributed by atoms with Gasteiger partial charge in [0.25, 0.3) is 11.8 Å². The third-order valence-corrected chi connectivity index (χ3v) is 5.67. The normalized spacial score (nSPS) is 12.2. The van der Waals surface area contributed by atoms with Crippen LogP contribution in [0.5, 0.6) is 0 Å². The molecule has 4 N–H and O–H groups in total. The first-order chi connectivity index (χ1) is 17.3. The number of nitrogens with one attached hydrogen (secondary N) is 4. The number of azo groups is 1. The van der Waals surface area contributed by atoms with Gasteiger partial charge in [-0.05, 0) is 75.4 Å². The van der Waals surface area contributed by atoms with Gasteiger partial charge in [0.05, 0.1) is 16.7 Å². The van der Waals surface area contributed by atoms with E-state index in [9.17, 15) is 19.2 Å². The fourth-order valence-corrected chi connectivity index (χ4v) is 3.59. The van der Waals surface area contributed by atoms with Crippen molar-refractivity contribution in [3.63, 3.8) is 0 Å². The summed E-state index contributed by atoms with van der Waals surface area (Å²) < 4.78 is 0. The monoisotopic (exact) mass is 493 g/mol. The average molecular weight is 494 g/mol. The second-order valence-electron chi connectivity index (χ2n) is 8.24. The number of hydrogen-bond acceptors (Lipinski definition) is 7. The Kier molecular flexibility index (Phi) is 9.23. The van der Waals surface area contributed by atoms with Gasteiger partial charge < -0.3 is 25.5 Å². The molecule has 36 heavy (non-hydrogen) atoms. The molecule has 0 saturated heterocycles. The molecule has 190 valence electrons. The number of aromatic amines is 2. The summed E-state index contributed by atoms with van der Waals surface area (Å²) in [4.78, 5) is 55.9. The van der Waals surface area contributed by atoms with E-state index in [-0.39, 0.29) is 11.6 Å². The molecule has 3 aromatic rings. The number of H-pyrrole nitrogens is 2. The standard InChI is InChI=1S/C25H31N7O4/c1-4-32(5-2)14-6-13-26-23(34)17-7-9-18(10-8-17)30-31-22(16(3)33)24(35)27-19-11-12-20-21(15-19)29-25(36)28-20/h7-12,15,22H,4-6,13-14H2,1-3H3,(H,26,34)(H,27,35)(H2,28,29,36). The minimum Gasteiger partial charge on any atom is -0.352 e. The van der Waals surface area contributed by atoms with Crippen molar-refractivity contribution in [3.05, 3.63) is 58.5 Å². The highest BCUT2D eigenvalue weighted by Crippen LogP contribution is 2.17. The van der Waals surface area contributed by atoms with Gasteiger partial charge in [0.15, 0.2) is 5.78 Å². The molecular weight excluding hydrogens is 462 g/mol. The summed E-state index contributed by atoms with van der Waals surface area (Å²) in [5.74, 6) is -1.31. The van der Waals surface area contributed by atoms with Crippen LogP contribution >= 0.6 is 0 Å². The quantitative estimate of drug-likeness (QED) is 0.174. The lowest BCUT2D eigenvalue weighted by Crippen LogP contribution is -2.31. The zero-order valence-corrected chi connectivity index (χ0v) is 20.6. The van der Waals surface area contributed by atoms with E-state index in [4.69, 9.17) is 0 Å². The van der Waals surface area contributed by atoms with Crippen LogP contribution in [-0.2, 0) is 9.59 Å². The molecule has 0 aliphatic rings. The van der Waals surface area contributed by atoms with E-state index < -0.39 is 17.7 Å². The number of fused-ring (bicyclic) bond motifs is 1. The van der Waals surface area contributed by atoms with Gasteiger partial charge in [0.2, 0.25) is 6.04 Å². The van der Waals surface area contributed by atoms with E-state index in [1.54, 1.807) is 42.5 Å². The van der Waals surface area contributed by atoms with E-state index in [2.05, 4.69) is 49.6 Å². The number of ketones is 1. The van der Waals surface area contributed by atoms with E-state index in [0.717, 1.165) is 26.1 Å². The Labute approximate surface area is 208 Å². The molecule has 0 spiro atoms. The second-order valence-corrected chi connectivity index (χ2v) is 8.24. The average Bonchev–Trinajstić information content (AvgIpc) is 3.23. The van der Waals surface area contributed by atoms with Crippen LogP contribution < -0.4 is 16.3 Å². The minimum atomic E-state index is -1.35. The molecule has 2 amide bonds. The zero-order valence-electron chi connectivity index (χ0n) is 20.6. The van der Waals surface area contributed by atoms with Crippen LogP contribution in [0.4, 0.5) is 11.4 Å². The summed E-state index contributed by atoms with van der Waals surface area (Å²) in [6.07, 6.45) is 0.866. The van der Waals surface area contributed by atoms with Crippen molar-refractivity contribution in [3.8, 4) is 0 Å². The molecule has 0 aliphatic carbocycles. The summed E-state index contributed by atoms with van der Waals surface area (Å²) >= 11 is 0. The third kappa shape index (κ3) is 7.19. The number of Topliss-reactive ketones (excluding diaryl/α,β-unsaturated/α-hetero) is 1. The largest absolute Gasteiger partial charge is 0.352 e. The topological polar surface area (TPSA) is 152 Å². The Morgan fingerprint density at radius 3 is 2.36 bits per heavy atom. The van der Waals surface area contributed by atoms with Crippen molar-refractivity contribution in [1.82, 2.24) is 20.2 Å². The van der Waals surface area contributed by atoms with Crippen LogP contribution in [0.2, 0.25) is 0 Å². The van der Waals surface area contributed by atoms with Gasteiger partial charge in [-0.1, -0.05) is 13.8 Å². The smallest absolute Gasteiger partial charge is 0.323 e. The molecule has 3 rings (SSSR count). The lowest BCUT2D eigenvalue weighted by atomic mass is 10.2. The zero-order chi connectivity index (χ0) is 26.1. The molecule has 11 nitrogen and oxygen atoms in total. The van der Waals surface area contributed by atoms with Crippen LogP contribution in [0.3, 0.4) is 0 Å². The third-order valence-electron chi connectivity index (χ3n) is 5.67.